The maximum atomic E-state index is 13.3. The quantitative estimate of drug-likeness (QED) is 0.855. The van der Waals surface area contributed by atoms with Crippen LogP contribution < -0.4 is 15.1 Å². The number of nitrogens with zero attached hydrogens (tertiary/aromatic N) is 5. The molecule has 0 radical (unpaired) electrons. The Hall–Kier alpha value is -2.97. The summed E-state index contributed by atoms with van der Waals surface area (Å²) >= 11 is 0. The second kappa shape index (κ2) is 8.18. The van der Waals surface area contributed by atoms with Gasteiger partial charge in [-0.25, -0.2) is 18.6 Å². The van der Waals surface area contributed by atoms with Crippen LogP contribution in [0.25, 0.3) is 0 Å². The molecule has 2 aliphatic rings. The van der Waals surface area contributed by atoms with Crippen molar-refractivity contribution in [1.29, 1.82) is 0 Å². The molecule has 2 saturated heterocycles. The summed E-state index contributed by atoms with van der Waals surface area (Å²) in [5.41, 5.74) is 1.16. The van der Waals surface area contributed by atoms with E-state index >= 15 is 0 Å². The lowest BCUT2D eigenvalue weighted by atomic mass is 10.3. The molecule has 0 unspecified atom stereocenters. The standard InChI is InChI=1S/C20H24F2N6O/c1-14-12-18(25-19(23-14)27-6-2-3-7-27)26-8-10-28(11-9-26)20(29)24-15-4-5-16(21)17(22)13-15/h4-5,12-13H,2-3,6-11H2,1H3,(H,24,29). The van der Waals surface area contributed by atoms with Gasteiger partial charge in [-0.1, -0.05) is 0 Å². The van der Waals surface area contributed by atoms with Crippen molar-refractivity contribution >= 4 is 23.5 Å². The molecule has 9 heteroatoms. The van der Waals surface area contributed by atoms with Crippen LogP contribution in [0.4, 0.5) is 31.0 Å². The molecule has 7 nitrogen and oxygen atoms in total. The van der Waals surface area contributed by atoms with Gasteiger partial charge in [0.25, 0.3) is 0 Å². The third-order valence-corrected chi connectivity index (χ3v) is 5.28. The number of anilines is 3. The topological polar surface area (TPSA) is 64.6 Å². The van der Waals surface area contributed by atoms with Gasteiger partial charge in [-0.15, -0.1) is 0 Å². The van der Waals surface area contributed by atoms with Crippen LogP contribution in [0.1, 0.15) is 18.5 Å². The minimum atomic E-state index is -0.986. The van der Waals surface area contributed by atoms with Crippen LogP contribution in [0, 0.1) is 18.6 Å². The molecule has 4 rings (SSSR count). The largest absolute Gasteiger partial charge is 0.353 e. The number of benzene rings is 1. The van der Waals surface area contributed by atoms with Gasteiger partial charge in [-0.2, -0.15) is 4.98 Å². The molecule has 2 fully saturated rings. The molecule has 1 aromatic carbocycles. The van der Waals surface area contributed by atoms with E-state index in [1.54, 1.807) is 4.90 Å². The van der Waals surface area contributed by atoms with Crippen LogP contribution in [0.3, 0.4) is 0 Å². The molecule has 2 aliphatic heterocycles. The number of hydrogen-bond acceptors (Lipinski definition) is 5. The molecule has 0 atom stereocenters. The number of aromatic nitrogens is 2. The first kappa shape index (κ1) is 19.4. The summed E-state index contributed by atoms with van der Waals surface area (Å²) < 4.78 is 26.4. The Morgan fingerprint density at radius 3 is 2.34 bits per heavy atom. The first-order valence-electron chi connectivity index (χ1n) is 9.86. The molecule has 0 aliphatic carbocycles. The van der Waals surface area contributed by atoms with Gasteiger partial charge in [0.05, 0.1) is 0 Å². The number of aryl methyl sites for hydroxylation is 1. The van der Waals surface area contributed by atoms with E-state index in [0.29, 0.717) is 26.2 Å². The summed E-state index contributed by atoms with van der Waals surface area (Å²) in [5, 5.41) is 2.62. The fourth-order valence-corrected chi connectivity index (χ4v) is 3.67. The fraction of sp³-hybridized carbons (Fsp3) is 0.450. The number of carbonyl (C=O) groups excluding carboxylic acids is 1. The summed E-state index contributed by atoms with van der Waals surface area (Å²) in [6.07, 6.45) is 2.33. The molecule has 0 spiro atoms. The van der Waals surface area contributed by atoms with Gasteiger partial charge in [-0.3, -0.25) is 0 Å². The Kier molecular flexibility index (Phi) is 5.46. The Balaban J connectivity index is 1.37. The molecule has 1 aromatic heterocycles. The fourth-order valence-electron chi connectivity index (χ4n) is 3.67. The van der Waals surface area contributed by atoms with Gasteiger partial charge in [0.2, 0.25) is 5.95 Å². The Labute approximate surface area is 168 Å². The van der Waals surface area contributed by atoms with Crippen molar-refractivity contribution in [3.8, 4) is 0 Å². The number of amides is 2. The average Bonchev–Trinajstić information content (AvgIpc) is 3.25. The summed E-state index contributed by atoms with van der Waals surface area (Å²) in [6.45, 7) is 6.25. The van der Waals surface area contributed by atoms with Crippen molar-refractivity contribution in [3.63, 3.8) is 0 Å². The number of rotatable bonds is 3. The number of carbonyl (C=O) groups is 1. The third kappa shape index (κ3) is 4.38. The lowest BCUT2D eigenvalue weighted by Crippen LogP contribution is -2.50. The Morgan fingerprint density at radius 1 is 0.931 bits per heavy atom. The number of nitrogens with one attached hydrogen (secondary N) is 1. The lowest BCUT2D eigenvalue weighted by Gasteiger charge is -2.35. The predicted octanol–water partition coefficient (Wildman–Crippen LogP) is 3.02. The van der Waals surface area contributed by atoms with E-state index in [0.717, 1.165) is 42.7 Å². The molecule has 0 saturated carbocycles. The zero-order valence-electron chi connectivity index (χ0n) is 16.4. The third-order valence-electron chi connectivity index (χ3n) is 5.28. The van der Waals surface area contributed by atoms with Crippen LogP contribution in [0.5, 0.6) is 0 Å². The Bertz CT molecular complexity index is 895. The van der Waals surface area contributed by atoms with Gasteiger partial charge in [0.15, 0.2) is 11.6 Å². The van der Waals surface area contributed by atoms with Crippen molar-refractivity contribution in [3.05, 3.63) is 41.6 Å². The predicted molar refractivity (Wildman–Crippen MR) is 107 cm³/mol. The first-order chi connectivity index (χ1) is 14.0. The van der Waals surface area contributed by atoms with Crippen LogP contribution in [0.2, 0.25) is 0 Å². The minimum Gasteiger partial charge on any atom is -0.353 e. The molecule has 3 heterocycles. The molecule has 0 bridgehead atoms. The smallest absolute Gasteiger partial charge is 0.321 e. The number of hydrogen-bond donors (Lipinski definition) is 1. The number of urea groups is 1. The normalized spacial score (nSPS) is 17.0. The summed E-state index contributed by atoms with van der Waals surface area (Å²) in [5.74, 6) is -0.276. The van der Waals surface area contributed by atoms with E-state index in [9.17, 15) is 13.6 Å². The van der Waals surface area contributed by atoms with Crippen LogP contribution in [-0.2, 0) is 0 Å². The summed E-state index contributed by atoms with van der Waals surface area (Å²) in [4.78, 5) is 27.8. The summed E-state index contributed by atoms with van der Waals surface area (Å²) in [6, 6.07) is 4.96. The highest BCUT2D eigenvalue weighted by atomic mass is 19.2. The highest BCUT2D eigenvalue weighted by molar-refractivity contribution is 5.89. The van der Waals surface area contributed by atoms with Gasteiger partial charge < -0.3 is 20.0 Å². The van der Waals surface area contributed by atoms with Gasteiger partial charge >= 0.3 is 6.03 Å². The molecule has 2 amide bonds. The molecule has 2 aromatic rings. The van der Waals surface area contributed by atoms with Crippen LogP contribution in [-0.4, -0.2) is 60.2 Å². The molecule has 154 valence electrons. The number of halogens is 2. The van der Waals surface area contributed by atoms with E-state index in [1.807, 2.05) is 13.0 Å². The maximum absolute atomic E-state index is 13.3. The first-order valence-corrected chi connectivity index (χ1v) is 9.86. The minimum absolute atomic E-state index is 0.234. The van der Waals surface area contributed by atoms with Crippen LogP contribution in [0.15, 0.2) is 24.3 Å². The molecule has 1 N–H and O–H groups in total. The van der Waals surface area contributed by atoms with Gasteiger partial charge in [0, 0.05) is 62.8 Å². The van der Waals surface area contributed by atoms with Crippen molar-refractivity contribution < 1.29 is 13.6 Å². The van der Waals surface area contributed by atoms with Crippen LogP contribution >= 0.6 is 0 Å². The van der Waals surface area contributed by atoms with E-state index in [-0.39, 0.29) is 11.7 Å². The zero-order valence-corrected chi connectivity index (χ0v) is 16.4. The highest BCUT2D eigenvalue weighted by Crippen LogP contribution is 2.22. The van der Waals surface area contributed by atoms with Crippen molar-refractivity contribution in [2.75, 3.05) is 54.4 Å². The zero-order chi connectivity index (χ0) is 20.4. The SMILES string of the molecule is Cc1cc(N2CCN(C(=O)Nc3ccc(F)c(F)c3)CC2)nc(N2CCCC2)n1. The van der Waals surface area contributed by atoms with E-state index in [1.165, 1.54) is 18.9 Å². The maximum Gasteiger partial charge on any atom is 0.321 e. The molecule has 29 heavy (non-hydrogen) atoms. The van der Waals surface area contributed by atoms with E-state index in [2.05, 4.69) is 20.1 Å². The average molecular weight is 402 g/mol. The highest BCUT2D eigenvalue weighted by Gasteiger charge is 2.24. The van der Waals surface area contributed by atoms with Crippen molar-refractivity contribution in [1.82, 2.24) is 14.9 Å². The lowest BCUT2D eigenvalue weighted by molar-refractivity contribution is 0.208. The van der Waals surface area contributed by atoms with Crippen molar-refractivity contribution in [2.45, 2.75) is 19.8 Å². The van der Waals surface area contributed by atoms with E-state index in [4.69, 9.17) is 4.98 Å². The molecular weight excluding hydrogens is 378 g/mol. The molecular formula is C20H24F2N6O. The monoisotopic (exact) mass is 402 g/mol. The van der Waals surface area contributed by atoms with Crippen molar-refractivity contribution in [2.24, 2.45) is 0 Å². The Morgan fingerprint density at radius 2 is 1.66 bits per heavy atom. The number of piperazine rings is 1. The second-order valence-electron chi connectivity index (χ2n) is 7.39. The van der Waals surface area contributed by atoms with Gasteiger partial charge in [-0.05, 0) is 31.9 Å². The second-order valence-corrected chi connectivity index (χ2v) is 7.39. The summed E-state index contributed by atoms with van der Waals surface area (Å²) in [7, 11) is 0. The van der Waals surface area contributed by atoms with Gasteiger partial charge in [0.1, 0.15) is 5.82 Å². The van der Waals surface area contributed by atoms with E-state index < -0.39 is 11.6 Å².